The molecule has 0 amide bonds. The number of hydrogen-bond acceptors (Lipinski definition) is 4. The van der Waals surface area contributed by atoms with E-state index in [1.54, 1.807) is 12.1 Å². The van der Waals surface area contributed by atoms with Crippen molar-refractivity contribution in [2.75, 3.05) is 16.8 Å². The standard InChI is InChI=1S/C13H13N3S/c14-8-10-1-2-13(7-11(10)9-15)16-12-3-5-17-6-4-12/h1-2,7,12,16H,3-6H2. The second-order valence-corrected chi connectivity index (χ2v) is 5.24. The zero-order valence-electron chi connectivity index (χ0n) is 9.44. The van der Waals surface area contributed by atoms with Gasteiger partial charge in [0.1, 0.15) is 12.1 Å². The van der Waals surface area contributed by atoms with Gasteiger partial charge in [-0.2, -0.15) is 22.3 Å². The molecule has 86 valence electrons. The van der Waals surface area contributed by atoms with Gasteiger partial charge in [0.15, 0.2) is 0 Å². The fourth-order valence-electron chi connectivity index (χ4n) is 1.90. The van der Waals surface area contributed by atoms with Gasteiger partial charge in [-0.15, -0.1) is 0 Å². The first-order valence-electron chi connectivity index (χ1n) is 5.62. The molecule has 1 N–H and O–H groups in total. The van der Waals surface area contributed by atoms with E-state index in [0.717, 1.165) is 18.5 Å². The van der Waals surface area contributed by atoms with Gasteiger partial charge in [-0.05, 0) is 42.5 Å². The third-order valence-corrected chi connectivity index (χ3v) is 3.90. The highest BCUT2D eigenvalue weighted by Gasteiger charge is 2.13. The third kappa shape index (κ3) is 2.93. The Morgan fingerprint density at radius 3 is 2.47 bits per heavy atom. The topological polar surface area (TPSA) is 59.6 Å². The number of rotatable bonds is 2. The molecule has 0 spiro atoms. The monoisotopic (exact) mass is 243 g/mol. The first-order chi connectivity index (χ1) is 8.33. The van der Waals surface area contributed by atoms with Crippen molar-refractivity contribution >= 4 is 17.4 Å². The molecule has 0 aliphatic carbocycles. The summed E-state index contributed by atoms with van der Waals surface area (Å²) in [6.07, 6.45) is 2.32. The molecule has 3 nitrogen and oxygen atoms in total. The van der Waals surface area contributed by atoms with Gasteiger partial charge in [-0.1, -0.05) is 0 Å². The summed E-state index contributed by atoms with van der Waals surface area (Å²) in [7, 11) is 0. The largest absolute Gasteiger partial charge is 0.382 e. The van der Waals surface area contributed by atoms with Crippen LogP contribution in [0.15, 0.2) is 18.2 Å². The molecule has 1 aliphatic heterocycles. The molecule has 0 unspecified atom stereocenters. The number of nitriles is 2. The van der Waals surface area contributed by atoms with Gasteiger partial charge in [-0.3, -0.25) is 0 Å². The minimum absolute atomic E-state index is 0.442. The Morgan fingerprint density at radius 2 is 1.82 bits per heavy atom. The molecule has 1 heterocycles. The van der Waals surface area contributed by atoms with Crippen LogP contribution >= 0.6 is 11.8 Å². The Kier molecular flexibility index (Phi) is 3.90. The second-order valence-electron chi connectivity index (χ2n) is 4.01. The van der Waals surface area contributed by atoms with Gasteiger partial charge in [0.2, 0.25) is 0 Å². The van der Waals surface area contributed by atoms with E-state index in [2.05, 4.69) is 11.4 Å². The molecular weight excluding hydrogens is 230 g/mol. The second kappa shape index (κ2) is 5.61. The number of nitrogens with zero attached hydrogens (tertiary/aromatic N) is 2. The van der Waals surface area contributed by atoms with Gasteiger partial charge in [0, 0.05) is 11.7 Å². The lowest BCUT2D eigenvalue weighted by Crippen LogP contribution is -2.24. The average Bonchev–Trinajstić information content (AvgIpc) is 2.40. The number of hydrogen-bond donors (Lipinski definition) is 1. The summed E-state index contributed by atoms with van der Waals surface area (Å²) >= 11 is 1.99. The maximum absolute atomic E-state index is 8.95. The first kappa shape index (κ1) is 11.8. The molecular formula is C13H13N3S. The van der Waals surface area contributed by atoms with Gasteiger partial charge < -0.3 is 5.32 Å². The summed E-state index contributed by atoms with van der Waals surface area (Å²) in [4.78, 5) is 0. The first-order valence-corrected chi connectivity index (χ1v) is 6.77. The minimum Gasteiger partial charge on any atom is -0.382 e. The molecule has 1 aromatic rings. The molecule has 2 rings (SSSR count). The molecule has 0 bridgehead atoms. The Bertz CT molecular complexity index is 478. The summed E-state index contributed by atoms with van der Waals surface area (Å²) in [5.74, 6) is 2.39. The van der Waals surface area contributed by atoms with Crippen molar-refractivity contribution < 1.29 is 0 Å². The van der Waals surface area contributed by atoms with Crippen LogP contribution in [0.5, 0.6) is 0 Å². The van der Waals surface area contributed by atoms with Gasteiger partial charge in [0.05, 0.1) is 11.1 Å². The van der Waals surface area contributed by atoms with Crippen LogP contribution in [0.2, 0.25) is 0 Å². The van der Waals surface area contributed by atoms with Crippen LogP contribution in [-0.4, -0.2) is 17.5 Å². The van der Waals surface area contributed by atoms with Gasteiger partial charge in [0.25, 0.3) is 0 Å². The predicted molar refractivity (Wildman–Crippen MR) is 69.8 cm³/mol. The summed E-state index contributed by atoms with van der Waals surface area (Å²) in [5, 5.41) is 21.2. The van der Waals surface area contributed by atoms with Crippen LogP contribution in [0.3, 0.4) is 0 Å². The molecule has 0 saturated carbocycles. The predicted octanol–water partition coefficient (Wildman–Crippen LogP) is 2.74. The van der Waals surface area contributed by atoms with E-state index in [0.29, 0.717) is 17.2 Å². The smallest absolute Gasteiger partial charge is 0.101 e. The summed E-state index contributed by atoms with van der Waals surface area (Å²) in [6.45, 7) is 0. The maximum atomic E-state index is 8.95. The van der Waals surface area contributed by atoms with E-state index < -0.39 is 0 Å². The van der Waals surface area contributed by atoms with Crippen LogP contribution in [0.4, 0.5) is 5.69 Å². The number of benzene rings is 1. The van der Waals surface area contributed by atoms with E-state index in [9.17, 15) is 0 Å². The van der Waals surface area contributed by atoms with Gasteiger partial charge in [-0.25, -0.2) is 0 Å². The number of thioether (sulfide) groups is 1. The SMILES string of the molecule is N#Cc1ccc(NC2CCSCC2)cc1C#N. The summed E-state index contributed by atoms with van der Waals surface area (Å²) in [5.41, 5.74) is 1.83. The fourth-order valence-corrected chi connectivity index (χ4v) is 3.01. The van der Waals surface area contributed by atoms with E-state index in [1.807, 2.05) is 23.9 Å². The van der Waals surface area contributed by atoms with Crippen LogP contribution in [0, 0.1) is 22.7 Å². The lowest BCUT2D eigenvalue weighted by molar-refractivity contribution is 0.667. The highest BCUT2D eigenvalue weighted by molar-refractivity contribution is 7.99. The van der Waals surface area contributed by atoms with Crippen LogP contribution in [0.1, 0.15) is 24.0 Å². The van der Waals surface area contributed by atoms with Crippen molar-refractivity contribution in [3.8, 4) is 12.1 Å². The summed E-state index contributed by atoms with van der Waals surface area (Å²) < 4.78 is 0. The quantitative estimate of drug-likeness (QED) is 0.867. The molecule has 4 heteroatoms. The van der Waals surface area contributed by atoms with E-state index in [1.165, 1.54) is 11.5 Å². The van der Waals surface area contributed by atoms with Crippen molar-refractivity contribution in [3.05, 3.63) is 29.3 Å². The van der Waals surface area contributed by atoms with Gasteiger partial charge >= 0.3 is 0 Å². The van der Waals surface area contributed by atoms with Crippen molar-refractivity contribution in [2.45, 2.75) is 18.9 Å². The Hall–Kier alpha value is -1.65. The van der Waals surface area contributed by atoms with Crippen molar-refractivity contribution in [1.29, 1.82) is 10.5 Å². The zero-order valence-corrected chi connectivity index (χ0v) is 10.3. The van der Waals surface area contributed by atoms with Crippen LogP contribution in [-0.2, 0) is 0 Å². The molecule has 17 heavy (non-hydrogen) atoms. The van der Waals surface area contributed by atoms with Crippen LogP contribution in [0.25, 0.3) is 0 Å². The zero-order chi connectivity index (χ0) is 12.1. The van der Waals surface area contributed by atoms with Crippen molar-refractivity contribution in [3.63, 3.8) is 0 Å². The number of anilines is 1. The molecule has 0 atom stereocenters. The van der Waals surface area contributed by atoms with Crippen molar-refractivity contribution in [1.82, 2.24) is 0 Å². The summed E-state index contributed by atoms with van der Waals surface area (Å²) in [6, 6.07) is 9.92. The molecule has 1 saturated heterocycles. The Labute approximate surface area is 105 Å². The Morgan fingerprint density at radius 1 is 1.12 bits per heavy atom. The minimum atomic E-state index is 0.442. The number of nitrogens with one attached hydrogen (secondary N) is 1. The molecule has 0 aromatic heterocycles. The average molecular weight is 243 g/mol. The van der Waals surface area contributed by atoms with E-state index >= 15 is 0 Å². The molecule has 0 radical (unpaired) electrons. The fraction of sp³-hybridized carbons (Fsp3) is 0.385. The van der Waals surface area contributed by atoms with Crippen LogP contribution < -0.4 is 5.32 Å². The molecule has 1 fully saturated rings. The normalized spacial score (nSPS) is 15.9. The van der Waals surface area contributed by atoms with Crippen molar-refractivity contribution in [2.24, 2.45) is 0 Å². The Balaban J connectivity index is 2.12. The third-order valence-electron chi connectivity index (χ3n) is 2.85. The molecule has 1 aromatic carbocycles. The highest BCUT2D eigenvalue weighted by Crippen LogP contribution is 2.22. The highest BCUT2D eigenvalue weighted by atomic mass is 32.2. The maximum Gasteiger partial charge on any atom is 0.101 e. The lowest BCUT2D eigenvalue weighted by Gasteiger charge is -2.23. The molecule has 1 aliphatic rings. The van der Waals surface area contributed by atoms with E-state index in [4.69, 9.17) is 10.5 Å². The van der Waals surface area contributed by atoms with E-state index in [-0.39, 0.29) is 0 Å². The lowest BCUT2D eigenvalue weighted by atomic mass is 10.1.